The summed E-state index contributed by atoms with van der Waals surface area (Å²) in [7, 11) is 0. The fourth-order valence-electron chi connectivity index (χ4n) is 0.948. The van der Waals surface area contributed by atoms with Crippen molar-refractivity contribution in [2.24, 2.45) is 0 Å². The second-order valence-electron chi connectivity index (χ2n) is 2.65. The molecule has 0 N–H and O–H groups in total. The molecule has 0 aromatic heterocycles. The van der Waals surface area contributed by atoms with Crippen molar-refractivity contribution in [3.8, 4) is 11.8 Å². The molecule has 0 aliphatic heterocycles. The number of hydrogen-bond acceptors (Lipinski definition) is 0. The third-order valence-electron chi connectivity index (χ3n) is 1.71. The third kappa shape index (κ3) is 2.86. The smallest absolute Gasteiger partial charge is 0.127 e. The first-order chi connectivity index (χ1) is 6.25. The lowest BCUT2D eigenvalue weighted by molar-refractivity contribution is 0.618. The first-order valence-corrected chi connectivity index (χ1v) is 5.18. The molecule has 0 unspecified atom stereocenters. The van der Waals surface area contributed by atoms with Crippen LogP contribution in [-0.4, -0.2) is 5.33 Å². The lowest BCUT2D eigenvalue weighted by Gasteiger charge is -1.97. The van der Waals surface area contributed by atoms with Gasteiger partial charge in [-0.25, -0.2) is 4.39 Å². The lowest BCUT2D eigenvalue weighted by Crippen LogP contribution is -1.86. The van der Waals surface area contributed by atoms with Crippen molar-refractivity contribution >= 4 is 15.9 Å². The van der Waals surface area contributed by atoms with Crippen LogP contribution in [-0.2, 0) is 0 Å². The fourth-order valence-corrected chi connectivity index (χ4v) is 1.15. The Morgan fingerprint density at radius 1 is 1.46 bits per heavy atom. The molecule has 0 heterocycles. The molecule has 2 heteroatoms. The normalized spacial score (nSPS) is 9.15. The third-order valence-corrected chi connectivity index (χ3v) is 2.11. The van der Waals surface area contributed by atoms with Crippen LogP contribution in [0.5, 0.6) is 0 Å². The highest BCUT2D eigenvalue weighted by atomic mass is 79.9. The summed E-state index contributed by atoms with van der Waals surface area (Å²) in [6.07, 6.45) is 0.788. The molecule has 0 bridgehead atoms. The van der Waals surface area contributed by atoms with E-state index in [0.717, 1.165) is 17.3 Å². The maximum Gasteiger partial charge on any atom is 0.127 e. The molecule has 1 aromatic carbocycles. The Morgan fingerprint density at radius 3 is 2.92 bits per heavy atom. The summed E-state index contributed by atoms with van der Waals surface area (Å²) in [6.45, 7) is 1.74. The molecule has 0 saturated heterocycles. The van der Waals surface area contributed by atoms with E-state index in [1.165, 1.54) is 6.07 Å². The van der Waals surface area contributed by atoms with Crippen molar-refractivity contribution in [3.05, 3.63) is 35.1 Å². The van der Waals surface area contributed by atoms with Crippen molar-refractivity contribution in [1.82, 2.24) is 0 Å². The molecule has 13 heavy (non-hydrogen) atoms. The Kier molecular flexibility index (Phi) is 3.98. The molecule has 0 fully saturated rings. The quantitative estimate of drug-likeness (QED) is 0.523. The van der Waals surface area contributed by atoms with Crippen LogP contribution < -0.4 is 0 Å². The molecule has 0 saturated carbocycles. The molecular formula is C11H10BrF. The van der Waals surface area contributed by atoms with Gasteiger partial charge in [-0.15, -0.1) is 0 Å². The average molecular weight is 241 g/mol. The molecular weight excluding hydrogens is 231 g/mol. The Labute approximate surface area is 86.3 Å². The zero-order valence-corrected chi connectivity index (χ0v) is 8.99. The van der Waals surface area contributed by atoms with Crippen LogP contribution in [0.25, 0.3) is 0 Å². The van der Waals surface area contributed by atoms with E-state index < -0.39 is 0 Å². The van der Waals surface area contributed by atoms with Crippen LogP contribution in [0.15, 0.2) is 18.2 Å². The van der Waals surface area contributed by atoms with Crippen molar-refractivity contribution in [1.29, 1.82) is 0 Å². The van der Waals surface area contributed by atoms with Gasteiger partial charge >= 0.3 is 0 Å². The molecule has 1 rings (SSSR count). The van der Waals surface area contributed by atoms with Gasteiger partial charge in [0.05, 0.1) is 0 Å². The van der Waals surface area contributed by atoms with Crippen molar-refractivity contribution in [3.63, 3.8) is 0 Å². The van der Waals surface area contributed by atoms with Crippen molar-refractivity contribution < 1.29 is 4.39 Å². The maximum atomic E-state index is 13.0. The summed E-state index contributed by atoms with van der Waals surface area (Å²) >= 11 is 3.28. The van der Waals surface area contributed by atoms with Crippen LogP contribution in [0.4, 0.5) is 4.39 Å². The summed E-state index contributed by atoms with van der Waals surface area (Å²) in [5.74, 6) is 5.70. The highest BCUT2D eigenvalue weighted by Gasteiger charge is 1.98. The molecule has 0 spiro atoms. The summed E-state index contributed by atoms with van der Waals surface area (Å²) in [6, 6.07) is 4.96. The molecule has 1 aromatic rings. The second-order valence-corrected chi connectivity index (χ2v) is 3.45. The maximum absolute atomic E-state index is 13.0. The van der Waals surface area contributed by atoms with Gasteiger partial charge in [0, 0.05) is 22.9 Å². The number of alkyl halides is 1. The largest absolute Gasteiger partial charge is 0.207 e. The van der Waals surface area contributed by atoms with Crippen LogP contribution in [0.3, 0.4) is 0 Å². The molecule has 0 atom stereocenters. The molecule has 0 aliphatic carbocycles. The fraction of sp³-hybridized carbons (Fsp3) is 0.273. The lowest BCUT2D eigenvalue weighted by atomic mass is 10.1. The van der Waals surface area contributed by atoms with Gasteiger partial charge in [-0.1, -0.05) is 33.8 Å². The highest BCUT2D eigenvalue weighted by Crippen LogP contribution is 2.10. The van der Waals surface area contributed by atoms with Gasteiger partial charge in [0.1, 0.15) is 5.82 Å². The standard InChI is InChI=1S/C11H10BrF/c1-9-10(5-2-3-8-12)6-4-7-11(9)13/h4,6-7H,3,8H2,1H3. The van der Waals surface area contributed by atoms with E-state index in [2.05, 4.69) is 27.8 Å². The van der Waals surface area contributed by atoms with E-state index >= 15 is 0 Å². The predicted octanol–water partition coefficient (Wildman–Crippen LogP) is 3.27. The van der Waals surface area contributed by atoms with Crippen LogP contribution in [0, 0.1) is 24.6 Å². The summed E-state index contributed by atoms with van der Waals surface area (Å²) < 4.78 is 13.0. The highest BCUT2D eigenvalue weighted by molar-refractivity contribution is 9.09. The van der Waals surface area contributed by atoms with Crippen LogP contribution in [0.1, 0.15) is 17.5 Å². The van der Waals surface area contributed by atoms with Gasteiger partial charge in [-0.3, -0.25) is 0 Å². The van der Waals surface area contributed by atoms with Gasteiger partial charge in [0.15, 0.2) is 0 Å². The van der Waals surface area contributed by atoms with Crippen LogP contribution in [0.2, 0.25) is 0 Å². The van der Waals surface area contributed by atoms with E-state index in [1.54, 1.807) is 13.0 Å². The second kappa shape index (κ2) is 5.04. The SMILES string of the molecule is Cc1c(F)cccc1C#CCCBr. The van der Waals surface area contributed by atoms with Gasteiger partial charge in [0.2, 0.25) is 0 Å². The average Bonchev–Trinajstić information content (AvgIpc) is 2.13. The summed E-state index contributed by atoms with van der Waals surface area (Å²) in [5.41, 5.74) is 1.41. The topological polar surface area (TPSA) is 0 Å². The van der Waals surface area contributed by atoms with Gasteiger partial charge in [-0.2, -0.15) is 0 Å². The Bertz CT molecular complexity index is 347. The monoisotopic (exact) mass is 240 g/mol. The molecule has 68 valence electrons. The van der Waals surface area contributed by atoms with Gasteiger partial charge in [-0.05, 0) is 19.1 Å². The number of benzene rings is 1. The summed E-state index contributed by atoms with van der Waals surface area (Å²) in [5, 5.41) is 0.856. The van der Waals surface area contributed by atoms with E-state index in [0.29, 0.717) is 5.56 Å². The number of rotatable bonds is 1. The minimum atomic E-state index is -0.189. The Morgan fingerprint density at radius 2 is 2.23 bits per heavy atom. The number of halogens is 2. The molecule has 0 nitrogen and oxygen atoms in total. The predicted molar refractivity (Wildman–Crippen MR) is 56.4 cm³/mol. The van der Waals surface area contributed by atoms with E-state index in [1.807, 2.05) is 6.07 Å². The Hall–Kier alpha value is -0.810. The molecule has 0 aliphatic rings. The van der Waals surface area contributed by atoms with E-state index in [9.17, 15) is 4.39 Å². The van der Waals surface area contributed by atoms with E-state index in [-0.39, 0.29) is 5.82 Å². The minimum Gasteiger partial charge on any atom is -0.207 e. The number of hydrogen-bond donors (Lipinski definition) is 0. The minimum absolute atomic E-state index is 0.189. The van der Waals surface area contributed by atoms with Crippen molar-refractivity contribution in [2.45, 2.75) is 13.3 Å². The molecule has 0 radical (unpaired) electrons. The first-order valence-electron chi connectivity index (χ1n) is 4.05. The summed E-state index contributed by atoms with van der Waals surface area (Å²) in [4.78, 5) is 0. The molecule has 0 amide bonds. The first kappa shape index (κ1) is 10.3. The van der Waals surface area contributed by atoms with Crippen LogP contribution >= 0.6 is 15.9 Å². The zero-order valence-electron chi connectivity index (χ0n) is 7.40. The van der Waals surface area contributed by atoms with Crippen molar-refractivity contribution in [2.75, 3.05) is 5.33 Å². The van der Waals surface area contributed by atoms with Gasteiger partial charge < -0.3 is 0 Å². The van der Waals surface area contributed by atoms with Gasteiger partial charge in [0.25, 0.3) is 0 Å². The zero-order chi connectivity index (χ0) is 9.68. The van der Waals surface area contributed by atoms with E-state index in [4.69, 9.17) is 0 Å². The Balaban J connectivity index is 2.91.